The molecule has 0 aliphatic heterocycles. The van der Waals surface area contributed by atoms with Gasteiger partial charge in [-0.3, -0.25) is 4.79 Å². The van der Waals surface area contributed by atoms with Crippen LogP contribution in [0.4, 0.5) is 4.39 Å². The van der Waals surface area contributed by atoms with E-state index < -0.39 is 0 Å². The lowest BCUT2D eigenvalue weighted by molar-refractivity contribution is -0.120. The van der Waals surface area contributed by atoms with E-state index in [1.165, 1.54) is 47.2 Å². The summed E-state index contributed by atoms with van der Waals surface area (Å²) in [6, 6.07) is 6.03. The van der Waals surface area contributed by atoms with E-state index in [-0.39, 0.29) is 23.0 Å². The SMILES string of the molecule is C[C@H](Sc1ncnc2sc3c(c12)CCCC3)C(=O)N[C@H](C)c1ccc(F)cc1. The number of aryl methyl sites for hydroxylation is 2. The molecule has 0 fully saturated rings. The van der Waals surface area contributed by atoms with Crippen LogP contribution in [0.3, 0.4) is 0 Å². The molecule has 2 atom stereocenters. The lowest BCUT2D eigenvalue weighted by atomic mass is 9.97. The minimum atomic E-state index is -0.292. The first-order valence-electron chi connectivity index (χ1n) is 9.50. The van der Waals surface area contributed by atoms with Gasteiger partial charge < -0.3 is 5.32 Å². The van der Waals surface area contributed by atoms with Gasteiger partial charge in [0, 0.05) is 10.3 Å². The second kappa shape index (κ2) is 8.17. The van der Waals surface area contributed by atoms with Crippen LogP contribution in [-0.4, -0.2) is 21.1 Å². The first-order chi connectivity index (χ1) is 13.5. The van der Waals surface area contributed by atoms with E-state index in [2.05, 4.69) is 15.3 Å². The van der Waals surface area contributed by atoms with Crippen LogP contribution in [0.5, 0.6) is 0 Å². The molecule has 0 saturated heterocycles. The molecule has 1 aromatic carbocycles. The third kappa shape index (κ3) is 3.91. The Hall–Kier alpha value is -1.99. The highest BCUT2D eigenvalue weighted by molar-refractivity contribution is 8.00. The van der Waals surface area contributed by atoms with Crippen LogP contribution < -0.4 is 5.32 Å². The largest absolute Gasteiger partial charge is 0.349 e. The molecule has 1 N–H and O–H groups in total. The lowest BCUT2D eigenvalue weighted by Gasteiger charge is -2.18. The van der Waals surface area contributed by atoms with E-state index in [4.69, 9.17) is 0 Å². The van der Waals surface area contributed by atoms with Crippen molar-refractivity contribution >= 4 is 39.2 Å². The molecular weight excluding hydrogens is 393 g/mol. The molecule has 1 aliphatic carbocycles. The topological polar surface area (TPSA) is 54.9 Å². The monoisotopic (exact) mass is 415 g/mol. The number of aromatic nitrogens is 2. The number of thioether (sulfide) groups is 1. The first kappa shape index (κ1) is 19.3. The van der Waals surface area contributed by atoms with Crippen LogP contribution in [0, 0.1) is 5.82 Å². The molecule has 0 unspecified atom stereocenters. The Morgan fingerprint density at radius 1 is 1.18 bits per heavy atom. The number of hydrogen-bond donors (Lipinski definition) is 1. The highest BCUT2D eigenvalue weighted by Gasteiger charge is 2.23. The third-order valence-corrected chi connectivity index (χ3v) is 7.40. The fourth-order valence-corrected chi connectivity index (χ4v) is 5.79. The Kier molecular flexibility index (Phi) is 5.64. The number of hydrogen-bond acceptors (Lipinski definition) is 5. The fourth-order valence-electron chi connectivity index (χ4n) is 3.54. The van der Waals surface area contributed by atoms with Crippen molar-refractivity contribution in [1.29, 1.82) is 0 Å². The van der Waals surface area contributed by atoms with Crippen LogP contribution in [-0.2, 0) is 17.6 Å². The number of benzene rings is 1. The van der Waals surface area contributed by atoms with Crippen molar-refractivity contribution in [3.63, 3.8) is 0 Å². The van der Waals surface area contributed by atoms with Crippen molar-refractivity contribution in [2.24, 2.45) is 0 Å². The molecule has 28 heavy (non-hydrogen) atoms. The minimum absolute atomic E-state index is 0.0577. The van der Waals surface area contributed by atoms with E-state index in [0.29, 0.717) is 0 Å². The number of nitrogens with one attached hydrogen (secondary N) is 1. The van der Waals surface area contributed by atoms with Crippen molar-refractivity contribution in [3.8, 4) is 0 Å². The maximum absolute atomic E-state index is 13.1. The third-order valence-electron chi connectivity index (χ3n) is 5.10. The zero-order valence-electron chi connectivity index (χ0n) is 15.9. The summed E-state index contributed by atoms with van der Waals surface area (Å²) in [5, 5.41) is 4.75. The Labute approximate surface area is 172 Å². The fraction of sp³-hybridized carbons (Fsp3) is 0.381. The second-order valence-electron chi connectivity index (χ2n) is 7.11. The zero-order valence-corrected chi connectivity index (χ0v) is 17.5. The van der Waals surface area contributed by atoms with Gasteiger partial charge in [0.25, 0.3) is 0 Å². The summed E-state index contributed by atoms with van der Waals surface area (Å²) in [6.45, 7) is 3.80. The Balaban J connectivity index is 1.50. The summed E-state index contributed by atoms with van der Waals surface area (Å²) < 4.78 is 13.1. The molecule has 146 valence electrons. The summed E-state index contributed by atoms with van der Waals surface area (Å²) in [4.78, 5) is 24.1. The molecule has 0 saturated carbocycles. The number of halogens is 1. The molecule has 0 radical (unpaired) electrons. The van der Waals surface area contributed by atoms with E-state index in [9.17, 15) is 9.18 Å². The van der Waals surface area contributed by atoms with Crippen LogP contribution in [0.1, 0.15) is 48.7 Å². The molecule has 2 heterocycles. The van der Waals surface area contributed by atoms with E-state index >= 15 is 0 Å². The predicted octanol–water partition coefficient (Wildman–Crippen LogP) is 5.07. The first-order valence-corrected chi connectivity index (χ1v) is 11.2. The molecule has 2 aromatic heterocycles. The molecule has 7 heteroatoms. The van der Waals surface area contributed by atoms with Crippen molar-refractivity contribution < 1.29 is 9.18 Å². The highest BCUT2D eigenvalue weighted by Crippen LogP contribution is 2.40. The van der Waals surface area contributed by atoms with Gasteiger partial charge in [-0.1, -0.05) is 23.9 Å². The number of carbonyl (C=O) groups is 1. The van der Waals surface area contributed by atoms with E-state index in [1.54, 1.807) is 29.8 Å². The number of thiophene rings is 1. The van der Waals surface area contributed by atoms with Gasteiger partial charge in [0.1, 0.15) is 22.0 Å². The Morgan fingerprint density at radius 3 is 2.71 bits per heavy atom. The predicted molar refractivity (Wildman–Crippen MR) is 112 cm³/mol. The van der Waals surface area contributed by atoms with Gasteiger partial charge in [-0.05, 0) is 62.8 Å². The molecule has 4 nitrogen and oxygen atoms in total. The normalized spacial score (nSPS) is 15.8. The number of amides is 1. The van der Waals surface area contributed by atoms with Gasteiger partial charge in [0.2, 0.25) is 5.91 Å². The van der Waals surface area contributed by atoms with Gasteiger partial charge in [0.05, 0.1) is 11.3 Å². The van der Waals surface area contributed by atoms with Gasteiger partial charge >= 0.3 is 0 Å². The molecule has 0 bridgehead atoms. The van der Waals surface area contributed by atoms with Gasteiger partial charge in [0.15, 0.2) is 0 Å². The van der Waals surface area contributed by atoms with Gasteiger partial charge in [-0.2, -0.15) is 0 Å². The molecule has 3 aromatic rings. The Morgan fingerprint density at radius 2 is 1.93 bits per heavy atom. The number of nitrogens with zero attached hydrogens (tertiary/aromatic N) is 2. The van der Waals surface area contributed by atoms with Crippen LogP contribution in [0.15, 0.2) is 35.6 Å². The quantitative estimate of drug-likeness (QED) is 0.467. The number of rotatable bonds is 5. The summed E-state index contributed by atoms with van der Waals surface area (Å²) >= 11 is 3.24. The highest BCUT2D eigenvalue weighted by atomic mass is 32.2. The van der Waals surface area contributed by atoms with Crippen LogP contribution in [0.2, 0.25) is 0 Å². The minimum Gasteiger partial charge on any atom is -0.349 e. The zero-order chi connectivity index (χ0) is 19.7. The average Bonchev–Trinajstić information content (AvgIpc) is 3.08. The molecule has 4 rings (SSSR count). The average molecular weight is 416 g/mol. The number of fused-ring (bicyclic) bond motifs is 3. The summed E-state index contributed by atoms with van der Waals surface area (Å²) in [7, 11) is 0. The Bertz CT molecular complexity index is 1000. The van der Waals surface area contributed by atoms with Crippen LogP contribution in [0.25, 0.3) is 10.2 Å². The second-order valence-corrected chi connectivity index (χ2v) is 9.52. The summed E-state index contributed by atoms with van der Waals surface area (Å²) in [5.41, 5.74) is 2.25. The maximum atomic E-state index is 13.1. The summed E-state index contributed by atoms with van der Waals surface area (Å²) in [5.74, 6) is -0.337. The number of carbonyl (C=O) groups excluding carboxylic acids is 1. The molecule has 0 spiro atoms. The van der Waals surface area contributed by atoms with E-state index in [1.807, 2.05) is 13.8 Å². The lowest BCUT2D eigenvalue weighted by Crippen LogP contribution is -2.33. The van der Waals surface area contributed by atoms with Crippen molar-refractivity contribution in [1.82, 2.24) is 15.3 Å². The standard InChI is InChI=1S/C21H22FN3OS2/c1-12(14-7-9-15(22)10-8-14)25-19(26)13(2)27-20-18-16-5-3-4-6-17(16)28-21(18)24-11-23-20/h7-13H,3-6H2,1-2H3,(H,25,26)/t12-,13+/m1/s1. The smallest absolute Gasteiger partial charge is 0.233 e. The van der Waals surface area contributed by atoms with Crippen molar-refractivity contribution in [2.75, 3.05) is 0 Å². The van der Waals surface area contributed by atoms with Crippen molar-refractivity contribution in [3.05, 3.63) is 52.4 Å². The van der Waals surface area contributed by atoms with Crippen molar-refractivity contribution in [2.45, 2.75) is 55.8 Å². The van der Waals surface area contributed by atoms with Gasteiger partial charge in [-0.25, -0.2) is 14.4 Å². The molecule has 1 amide bonds. The van der Waals surface area contributed by atoms with Gasteiger partial charge in [-0.15, -0.1) is 11.3 Å². The maximum Gasteiger partial charge on any atom is 0.233 e. The van der Waals surface area contributed by atoms with Crippen LogP contribution >= 0.6 is 23.1 Å². The molecular formula is C21H22FN3OS2. The van der Waals surface area contributed by atoms with E-state index in [0.717, 1.165) is 33.6 Å². The summed E-state index contributed by atoms with van der Waals surface area (Å²) in [6.07, 6.45) is 6.21. The molecule has 1 aliphatic rings.